The molecule has 144 valence electrons. The Balaban J connectivity index is 1.54. The molecule has 1 aliphatic rings. The first-order chi connectivity index (χ1) is 13.2. The number of ether oxygens (including phenoxy) is 1. The van der Waals surface area contributed by atoms with Crippen molar-refractivity contribution in [1.29, 1.82) is 0 Å². The van der Waals surface area contributed by atoms with Gasteiger partial charge in [-0.25, -0.2) is 3.89 Å². The van der Waals surface area contributed by atoms with Gasteiger partial charge < -0.3 is 10.1 Å². The van der Waals surface area contributed by atoms with Gasteiger partial charge in [-0.15, -0.1) is 0 Å². The first-order valence-corrected chi connectivity index (χ1v) is 10.5. The number of carbonyl (C=O) groups excluding carboxylic acids is 1. The van der Waals surface area contributed by atoms with E-state index in [4.69, 9.17) is 4.74 Å². The Kier molecular flexibility index (Phi) is 6.77. The van der Waals surface area contributed by atoms with Gasteiger partial charge in [-0.05, 0) is 18.2 Å². The van der Waals surface area contributed by atoms with Crippen molar-refractivity contribution in [3.8, 4) is 5.75 Å². The molecule has 2 aromatic rings. The van der Waals surface area contributed by atoms with Gasteiger partial charge in [0.2, 0.25) is 5.91 Å². The molecule has 1 N–H and O–H groups in total. The minimum atomic E-state index is 0.0714. The summed E-state index contributed by atoms with van der Waals surface area (Å²) in [5.41, 5.74) is 2.09. The lowest BCUT2D eigenvalue weighted by atomic mass is 10.2. The second kappa shape index (κ2) is 9.26. The zero-order valence-corrected chi connectivity index (χ0v) is 16.9. The summed E-state index contributed by atoms with van der Waals surface area (Å²) >= 11 is 1.86. The number of rotatable bonds is 7. The Hall–Kier alpha value is -2.02. The van der Waals surface area contributed by atoms with Crippen LogP contribution in [0, 0.1) is 0 Å². The highest BCUT2D eigenvalue weighted by molar-refractivity contribution is 7.98. The zero-order valence-electron chi connectivity index (χ0n) is 16.1. The van der Waals surface area contributed by atoms with E-state index in [2.05, 4.69) is 28.6 Å². The second-order valence-corrected chi connectivity index (χ2v) is 7.76. The highest BCUT2D eigenvalue weighted by Gasteiger charge is 2.37. The SMILES string of the molecule is COc1ccccc1[N+]1(SC)CCN(CCC(=O)Nc2ccccc2)CC1. The number of anilines is 1. The molecule has 0 radical (unpaired) electrons. The van der Waals surface area contributed by atoms with E-state index in [0.29, 0.717) is 6.42 Å². The van der Waals surface area contributed by atoms with E-state index < -0.39 is 0 Å². The number of nitrogens with one attached hydrogen (secondary N) is 1. The lowest BCUT2D eigenvalue weighted by Gasteiger charge is -2.42. The third kappa shape index (κ3) is 4.83. The van der Waals surface area contributed by atoms with Crippen LogP contribution in [0.4, 0.5) is 11.4 Å². The van der Waals surface area contributed by atoms with Gasteiger partial charge >= 0.3 is 0 Å². The maximum Gasteiger partial charge on any atom is 0.225 e. The number of amides is 1. The molecule has 1 aliphatic heterocycles. The van der Waals surface area contributed by atoms with Crippen molar-refractivity contribution in [2.24, 2.45) is 0 Å². The van der Waals surface area contributed by atoms with Crippen LogP contribution < -0.4 is 13.9 Å². The minimum Gasteiger partial charge on any atom is -0.491 e. The topological polar surface area (TPSA) is 41.6 Å². The predicted molar refractivity (Wildman–Crippen MR) is 114 cm³/mol. The average Bonchev–Trinajstić information content (AvgIpc) is 2.73. The highest BCUT2D eigenvalue weighted by Crippen LogP contribution is 2.39. The molecule has 0 aliphatic carbocycles. The molecular formula is C21H28N3O2S+. The monoisotopic (exact) mass is 386 g/mol. The molecule has 0 aromatic heterocycles. The van der Waals surface area contributed by atoms with Gasteiger partial charge in [0.05, 0.1) is 19.1 Å². The van der Waals surface area contributed by atoms with E-state index in [1.807, 2.05) is 54.4 Å². The summed E-state index contributed by atoms with van der Waals surface area (Å²) in [5.74, 6) is 1.02. The summed E-state index contributed by atoms with van der Waals surface area (Å²) in [7, 11) is 1.73. The Morgan fingerprint density at radius 3 is 2.44 bits per heavy atom. The maximum absolute atomic E-state index is 12.2. The van der Waals surface area contributed by atoms with Crippen LogP contribution in [0.3, 0.4) is 0 Å². The number of methoxy groups -OCH3 is 1. The van der Waals surface area contributed by atoms with Crippen LogP contribution in [0.5, 0.6) is 5.75 Å². The van der Waals surface area contributed by atoms with Crippen LogP contribution in [0.2, 0.25) is 0 Å². The predicted octanol–water partition coefficient (Wildman–Crippen LogP) is 3.62. The molecule has 0 atom stereocenters. The van der Waals surface area contributed by atoms with E-state index >= 15 is 0 Å². The average molecular weight is 387 g/mol. The lowest BCUT2D eigenvalue weighted by molar-refractivity contribution is -0.116. The van der Waals surface area contributed by atoms with Crippen molar-refractivity contribution in [3.05, 3.63) is 54.6 Å². The number of piperazine rings is 1. The van der Waals surface area contributed by atoms with Crippen molar-refractivity contribution in [1.82, 2.24) is 8.79 Å². The Bertz CT molecular complexity index is 746. The van der Waals surface area contributed by atoms with Crippen molar-refractivity contribution >= 4 is 29.2 Å². The molecule has 6 heteroatoms. The molecule has 1 amide bonds. The van der Waals surface area contributed by atoms with Gasteiger partial charge in [-0.1, -0.05) is 30.3 Å². The van der Waals surface area contributed by atoms with E-state index in [9.17, 15) is 4.79 Å². The van der Waals surface area contributed by atoms with E-state index in [0.717, 1.165) is 48.0 Å². The summed E-state index contributed by atoms with van der Waals surface area (Å²) < 4.78 is 6.45. The van der Waals surface area contributed by atoms with Gasteiger partial charge in [-0.3, -0.25) is 9.69 Å². The minimum absolute atomic E-state index is 0.0714. The normalized spacial score (nSPS) is 16.7. The van der Waals surface area contributed by atoms with E-state index in [1.165, 1.54) is 5.69 Å². The first-order valence-electron chi connectivity index (χ1n) is 9.30. The van der Waals surface area contributed by atoms with Crippen LogP contribution in [0.25, 0.3) is 0 Å². The largest absolute Gasteiger partial charge is 0.491 e. The summed E-state index contributed by atoms with van der Waals surface area (Å²) in [6, 6.07) is 17.9. The fourth-order valence-electron chi connectivity index (χ4n) is 3.55. The highest BCUT2D eigenvalue weighted by atomic mass is 32.2. The molecule has 0 unspecified atom stereocenters. The molecule has 1 saturated heterocycles. The standard InChI is InChI=1S/C21H27N3O2S/c1-26-20-11-7-6-10-19(20)24(27-2)16-14-23(15-17-24)13-12-21(25)22-18-8-4-3-5-9-18/h3-11H,12-17H2,1-2H3/p+1. The summed E-state index contributed by atoms with van der Waals surface area (Å²) in [5, 5.41) is 2.96. The Morgan fingerprint density at radius 1 is 1.11 bits per heavy atom. The summed E-state index contributed by atoms with van der Waals surface area (Å²) in [4.78, 5) is 14.6. The molecule has 1 heterocycles. The van der Waals surface area contributed by atoms with Crippen LogP contribution in [-0.4, -0.2) is 56.9 Å². The maximum atomic E-state index is 12.2. The summed E-state index contributed by atoms with van der Waals surface area (Å²) in [6.07, 6.45) is 2.68. The van der Waals surface area contributed by atoms with Crippen molar-refractivity contribution in [3.63, 3.8) is 0 Å². The van der Waals surface area contributed by atoms with Gasteiger partial charge in [0, 0.05) is 44.1 Å². The molecule has 27 heavy (non-hydrogen) atoms. The number of nitrogens with zero attached hydrogens (tertiary/aromatic N) is 2. The second-order valence-electron chi connectivity index (χ2n) is 6.70. The van der Waals surface area contributed by atoms with E-state index in [1.54, 1.807) is 7.11 Å². The molecule has 0 saturated carbocycles. The van der Waals surface area contributed by atoms with E-state index in [-0.39, 0.29) is 5.91 Å². The van der Waals surface area contributed by atoms with Crippen LogP contribution in [-0.2, 0) is 4.79 Å². The van der Waals surface area contributed by atoms with Crippen molar-refractivity contribution < 1.29 is 9.53 Å². The Labute approximate surface area is 166 Å². The lowest BCUT2D eigenvalue weighted by Crippen LogP contribution is -2.56. The zero-order chi connectivity index (χ0) is 19.1. The van der Waals surface area contributed by atoms with Gasteiger partial charge in [0.1, 0.15) is 13.1 Å². The fraction of sp³-hybridized carbons (Fsp3) is 0.381. The van der Waals surface area contributed by atoms with Gasteiger partial charge in [0.15, 0.2) is 11.4 Å². The number of benzene rings is 2. The quantitative estimate of drug-likeness (QED) is 0.583. The van der Waals surface area contributed by atoms with Gasteiger partial charge in [-0.2, -0.15) is 0 Å². The smallest absolute Gasteiger partial charge is 0.225 e. The van der Waals surface area contributed by atoms with Crippen molar-refractivity contribution in [2.45, 2.75) is 6.42 Å². The van der Waals surface area contributed by atoms with Crippen LogP contribution in [0.1, 0.15) is 6.42 Å². The summed E-state index contributed by atoms with van der Waals surface area (Å²) in [6.45, 7) is 4.73. The molecule has 2 aromatic carbocycles. The molecular weight excluding hydrogens is 358 g/mol. The molecule has 1 fully saturated rings. The molecule has 3 rings (SSSR count). The third-order valence-electron chi connectivity index (χ3n) is 5.14. The van der Waals surface area contributed by atoms with Crippen LogP contribution in [0.15, 0.2) is 54.6 Å². The molecule has 5 nitrogen and oxygen atoms in total. The fourth-order valence-corrected chi connectivity index (χ4v) is 4.42. The Morgan fingerprint density at radius 2 is 1.78 bits per heavy atom. The number of hydrogen-bond acceptors (Lipinski definition) is 4. The number of carbonyl (C=O) groups is 1. The first kappa shape index (κ1) is 19.7. The number of hydrogen-bond donors (Lipinski definition) is 1. The van der Waals surface area contributed by atoms with Crippen LogP contribution >= 0.6 is 11.9 Å². The third-order valence-corrected chi connectivity index (χ3v) is 6.40. The molecule has 0 spiro atoms. The van der Waals surface area contributed by atoms with Crippen molar-refractivity contribution in [2.75, 3.05) is 51.4 Å². The number of para-hydroxylation sites is 3. The number of quaternary nitrogens is 1. The molecule has 0 bridgehead atoms. The van der Waals surface area contributed by atoms with Gasteiger partial charge in [0.25, 0.3) is 0 Å².